The molecule has 0 fully saturated rings. The van der Waals surface area contributed by atoms with E-state index in [0.717, 1.165) is 4.88 Å². The van der Waals surface area contributed by atoms with Crippen LogP contribution in [0.1, 0.15) is 15.2 Å². The number of carbonyl (C=O) groups is 1. The first kappa shape index (κ1) is 17.8. The minimum Gasteiger partial charge on any atom is -0.505 e. The average molecular weight is 391 g/mol. The van der Waals surface area contributed by atoms with E-state index in [4.69, 9.17) is 40.2 Å². The van der Waals surface area contributed by atoms with Crippen LogP contribution in [0.3, 0.4) is 0 Å². The maximum atomic E-state index is 11.7. The third-order valence-corrected chi connectivity index (χ3v) is 4.51. The van der Waals surface area contributed by atoms with Gasteiger partial charge in [0.15, 0.2) is 10.9 Å². The molecule has 2 aromatic rings. The van der Waals surface area contributed by atoms with Gasteiger partial charge in [-0.25, -0.2) is 4.79 Å². The fourth-order valence-electron chi connectivity index (χ4n) is 1.77. The van der Waals surface area contributed by atoms with E-state index in [1.54, 1.807) is 6.07 Å². The van der Waals surface area contributed by atoms with Gasteiger partial charge in [0, 0.05) is 10.6 Å². The maximum absolute atomic E-state index is 11.7. The number of carbonyl (C=O) groups excluding carboxylic acids is 1. The average Bonchev–Trinajstić information content (AvgIpc) is 2.84. The summed E-state index contributed by atoms with van der Waals surface area (Å²) in [6, 6.07) is 4.69. The minimum absolute atomic E-state index is 0.102. The quantitative estimate of drug-likeness (QED) is 0.402. The zero-order chi connectivity index (χ0) is 17.1. The Bertz CT molecular complexity index is 754. The lowest BCUT2D eigenvalue weighted by atomic mass is 10.3. The van der Waals surface area contributed by atoms with Crippen LogP contribution in [0.2, 0.25) is 10.0 Å². The lowest BCUT2D eigenvalue weighted by Gasteiger charge is -2.11. The molecule has 0 saturated carbocycles. The van der Waals surface area contributed by atoms with Crippen molar-refractivity contribution in [3.05, 3.63) is 38.7 Å². The van der Waals surface area contributed by atoms with Gasteiger partial charge in [-0.15, -0.1) is 11.3 Å². The number of nitrogens with one attached hydrogen (secondary N) is 2. The van der Waals surface area contributed by atoms with Crippen molar-refractivity contribution in [2.45, 2.75) is 6.92 Å². The molecule has 1 heterocycles. The number of thiocarbonyl (C=S) groups is 1. The van der Waals surface area contributed by atoms with Gasteiger partial charge >= 0.3 is 5.97 Å². The largest absolute Gasteiger partial charge is 0.505 e. The SMILES string of the molecule is COC(=O)c1cc(C)sc1NC(=S)Nc1cc(Cl)c(O)c(Cl)c1. The van der Waals surface area contributed by atoms with E-state index in [1.807, 2.05) is 6.92 Å². The van der Waals surface area contributed by atoms with Crippen molar-refractivity contribution in [2.75, 3.05) is 17.7 Å². The number of halogens is 2. The Hall–Kier alpha value is -1.54. The minimum atomic E-state index is -0.449. The zero-order valence-electron chi connectivity index (χ0n) is 12.1. The summed E-state index contributed by atoms with van der Waals surface area (Å²) in [5.74, 6) is -0.644. The maximum Gasteiger partial charge on any atom is 0.340 e. The van der Waals surface area contributed by atoms with E-state index in [9.17, 15) is 9.90 Å². The third kappa shape index (κ3) is 4.26. The van der Waals surface area contributed by atoms with Gasteiger partial charge in [0.25, 0.3) is 0 Å². The number of benzene rings is 1. The van der Waals surface area contributed by atoms with Crippen LogP contribution in [-0.4, -0.2) is 23.3 Å². The molecule has 0 spiro atoms. The van der Waals surface area contributed by atoms with Crippen molar-refractivity contribution >= 4 is 68.5 Å². The molecule has 1 aromatic heterocycles. The van der Waals surface area contributed by atoms with Gasteiger partial charge < -0.3 is 20.5 Å². The van der Waals surface area contributed by atoms with Crippen molar-refractivity contribution in [3.63, 3.8) is 0 Å². The Balaban J connectivity index is 2.16. The highest BCUT2D eigenvalue weighted by atomic mass is 35.5. The number of aryl methyl sites for hydroxylation is 1. The molecule has 5 nitrogen and oxygen atoms in total. The fourth-order valence-corrected chi connectivity index (χ4v) is 3.45. The number of phenolic OH excluding ortho intramolecular Hbond substituents is 1. The number of aromatic hydroxyl groups is 1. The molecule has 0 bridgehead atoms. The van der Waals surface area contributed by atoms with E-state index < -0.39 is 5.97 Å². The van der Waals surface area contributed by atoms with Gasteiger partial charge in [-0.3, -0.25) is 0 Å². The summed E-state index contributed by atoms with van der Waals surface area (Å²) in [6.45, 7) is 1.87. The standard InChI is InChI=1S/C14H12Cl2N2O3S2/c1-6-3-8(13(20)21-2)12(23-6)18-14(22)17-7-4-9(15)11(19)10(16)5-7/h3-5,19H,1-2H3,(H2,17,18,22). The van der Waals surface area contributed by atoms with Gasteiger partial charge in [-0.1, -0.05) is 23.2 Å². The van der Waals surface area contributed by atoms with Gasteiger partial charge in [0.05, 0.1) is 22.7 Å². The number of anilines is 2. The van der Waals surface area contributed by atoms with Crippen LogP contribution in [0.4, 0.5) is 10.7 Å². The van der Waals surface area contributed by atoms with E-state index in [0.29, 0.717) is 16.3 Å². The second-order valence-corrected chi connectivity index (χ2v) is 6.94. The summed E-state index contributed by atoms with van der Waals surface area (Å²) < 4.78 is 4.74. The topological polar surface area (TPSA) is 70.6 Å². The molecule has 122 valence electrons. The van der Waals surface area contributed by atoms with E-state index in [-0.39, 0.29) is 20.9 Å². The lowest BCUT2D eigenvalue weighted by Crippen LogP contribution is -2.19. The Labute approximate surface area is 152 Å². The first-order valence-electron chi connectivity index (χ1n) is 6.26. The number of methoxy groups -OCH3 is 1. The monoisotopic (exact) mass is 390 g/mol. The van der Waals surface area contributed by atoms with Crippen molar-refractivity contribution in [2.24, 2.45) is 0 Å². The van der Waals surface area contributed by atoms with E-state index >= 15 is 0 Å². The summed E-state index contributed by atoms with van der Waals surface area (Å²) in [6.07, 6.45) is 0. The molecule has 0 aliphatic carbocycles. The van der Waals surface area contributed by atoms with Crippen LogP contribution in [-0.2, 0) is 4.74 Å². The predicted molar refractivity (Wildman–Crippen MR) is 98.4 cm³/mol. The second kappa shape index (κ2) is 7.35. The number of hydrogen-bond acceptors (Lipinski definition) is 5. The molecule has 23 heavy (non-hydrogen) atoms. The molecule has 2 rings (SSSR count). The number of ether oxygens (including phenoxy) is 1. The van der Waals surface area contributed by atoms with Crippen LogP contribution >= 0.6 is 46.8 Å². The molecule has 0 atom stereocenters. The molecular formula is C14H12Cl2N2O3S2. The summed E-state index contributed by atoms with van der Waals surface area (Å²) >= 11 is 18.3. The first-order chi connectivity index (χ1) is 10.8. The molecule has 3 N–H and O–H groups in total. The number of rotatable bonds is 3. The molecule has 0 amide bonds. The van der Waals surface area contributed by atoms with Crippen LogP contribution in [0, 0.1) is 6.92 Å². The Kier molecular flexibility index (Phi) is 5.69. The highest BCUT2D eigenvalue weighted by Crippen LogP contribution is 2.35. The highest BCUT2D eigenvalue weighted by molar-refractivity contribution is 7.80. The summed E-state index contributed by atoms with van der Waals surface area (Å²) in [4.78, 5) is 12.7. The number of phenols is 1. The molecule has 0 radical (unpaired) electrons. The van der Waals surface area contributed by atoms with Gasteiger partial charge in [-0.05, 0) is 37.3 Å². The molecular weight excluding hydrogens is 379 g/mol. The van der Waals surface area contributed by atoms with Crippen molar-refractivity contribution in [1.82, 2.24) is 0 Å². The third-order valence-electron chi connectivity index (χ3n) is 2.76. The van der Waals surface area contributed by atoms with Crippen LogP contribution in [0.15, 0.2) is 18.2 Å². The molecule has 0 saturated heterocycles. The Morgan fingerprint density at radius 3 is 2.43 bits per heavy atom. The molecule has 9 heteroatoms. The molecule has 1 aromatic carbocycles. The second-order valence-electron chi connectivity index (χ2n) is 4.46. The number of thiophene rings is 1. The zero-order valence-corrected chi connectivity index (χ0v) is 15.2. The predicted octanol–water partition coefficient (Wildman–Crippen LogP) is 4.66. The first-order valence-corrected chi connectivity index (χ1v) is 8.24. The Morgan fingerprint density at radius 1 is 1.26 bits per heavy atom. The van der Waals surface area contributed by atoms with E-state index in [2.05, 4.69) is 10.6 Å². The summed E-state index contributed by atoms with van der Waals surface area (Å²) in [5, 5.41) is 16.4. The Morgan fingerprint density at radius 2 is 1.87 bits per heavy atom. The van der Waals surface area contributed by atoms with Gasteiger partial charge in [-0.2, -0.15) is 0 Å². The van der Waals surface area contributed by atoms with Crippen molar-refractivity contribution in [3.8, 4) is 5.75 Å². The smallest absolute Gasteiger partial charge is 0.340 e. The lowest BCUT2D eigenvalue weighted by molar-refractivity contribution is 0.0602. The van der Waals surface area contributed by atoms with E-state index in [1.165, 1.54) is 30.6 Å². The summed E-state index contributed by atoms with van der Waals surface area (Å²) in [5.41, 5.74) is 0.907. The number of hydrogen-bond donors (Lipinski definition) is 3. The molecule has 0 aliphatic rings. The highest BCUT2D eigenvalue weighted by Gasteiger charge is 2.16. The summed E-state index contributed by atoms with van der Waals surface area (Å²) in [7, 11) is 1.32. The fraction of sp³-hybridized carbons (Fsp3) is 0.143. The van der Waals surface area contributed by atoms with Gasteiger partial charge in [0.2, 0.25) is 0 Å². The van der Waals surface area contributed by atoms with Crippen LogP contribution < -0.4 is 10.6 Å². The number of esters is 1. The van der Waals surface area contributed by atoms with Crippen LogP contribution in [0.5, 0.6) is 5.75 Å². The van der Waals surface area contributed by atoms with Gasteiger partial charge in [0.1, 0.15) is 5.00 Å². The molecule has 0 aliphatic heterocycles. The van der Waals surface area contributed by atoms with Crippen molar-refractivity contribution < 1.29 is 14.6 Å². The normalized spacial score (nSPS) is 10.3. The van der Waals surface area contributed by atoms with Crippen molar-refractivity contribution in [1.29, 1.82) is 0 Å². The molecule has 0 unspecified atom stereocenters. The van der Waals surface area contributed by atoms with Crippen LogP contribution in [0.25, 0.3) is 0 Å².